The molecule has 6 nitrogen and oxygen atoms in total. The summed E-state index contributed by atoms with van der Waals surface area (Å²) in [5.74, 6) is -0.0450. The summed E-state index contributed by atoms with van der Waals surface area (Å²) in [6, 6.07) is 23.9. The van der Waals surface area contributed by atoms with Gasteiger partial charge in [0.15, 0.2) is 0 Å². The molecule has 0 amide bonds. The number of carboxylic acid groups (broad SMARTS) is 1. The number of benzene rings is 3. The lowest BCUT2D eigenvalue weighted by atomic mass is 9.95. The molecule has 0 aromatic heterocycles. The first-order valence-electron chi connectivity index (χ1n) is 13.9. The molecule has 1 aliphatic heterocycles. The molecule has 0 aliphatic carbocycles. The van der Waals surface area contributed by atoms with Crippen LogP contribution in [0, 0.1) is 29.6 Å². The van der Waals surface area contributed by atoms with Crippen molar-refractivity contribution in [3.63, 3.8) is 0 Å². The van der Waals surface area contributed by atoms with Crippen LogP contribution in [0.3, 0.4) is 0 Å². The van der Waals surface area contributed by atoms with Crippen molar-refractivity contribution in [2.24, 2.45) is 0 Å². The Morgan fingerprint density at radius 1 is 1.05 bits per heavy atom. The zero-order valence-corrected chi connectivity index (χ0v) is 23.0. The van der Waals surface area contributed by atoms with Crippen molar-refractivity contribution in [2.75, 3.05) is 13.2 Å². The molecule has 6 heteroatoms. The Hall–Kier alpha value is -4.39. The predicted octanol–water partition coefficient (Wildman–Crippen LogP) is 7.22. The van der Waals surface area contributed by atoms with Crippen LogP contribution in [0.15, 0.2) is 60.7 Å². The van der Waals surface area contributed by atoms with E-state index in [0.29, 0.717) is 31.6 Å². The Bertz CT molecular complexity index is 1430. The number of aliphatic carboxylic acids is 1. The summed E-state index contributed by atoms with van der Waals surface area (Å²) in [5.41, 5.74) is 6.34. The molecule has 0 radical (unpaired) electrons. The second kappa shape index (κ2) is 14.1. The SMILES string of the molecule is Cc1cc(CN2CCCC[C@H]2C(=O)O)c(OCCCCC#N)cc1/C=C/c1cccc(-c2ccccc2)c1C#N. The topological polar surface area (TPSA) is 97.3 Å². The fourth-order valence-corrected chi connectivity index (χ4v) is 5.24. The highest BCUT2D eigenvalue weighted by atomic mass is 16.5. The molecule has 1 saturated heterocycles. The van der Waals surface area contributed by atoms with E-state index < -0.39 is 12.0 Å². The van der Waals surface area contributed by atoms with Crippen molar-refractivity contribution in [3.05, 3.63) is 88.5 Å². The van der Waals surface area contributed by atoms with Gasteiger partial charge < -0.3 is 9.84 Å². The van der Waals surface area contributed by atoms with Gasteiger partial charge in [-0.3, -0.25) is 9.69 Å². The summed E-state index contributed by atoms with van der Waals surface area (Å²) in [5, 5.41) is 28.6. The summed E-state index contributed by atoms with van der Waals surface area (Å²) in [4.78, 5) is 13.9. The van der Waals surface area contributed by atoms with Crippen LogP contribution in [0.1, 0.15) is 66.3 Å². The molecular weight excluding hydrogens is 498 g/mol. The van der Waals surface area contributed by atoms with Gasteiger partial charge in [-0.2, -0.15) is 10.5 Å². The molecular formula is C34H35N3O3. The van der Waals surface area contributed by atoms with Crippen LogP contribution in [0.2, 0.25) is 0 Å². The molecule has 0 bridgehead atoms. The van der Waals surface area contributed by atoms with Crippen LogP contribution < -0.4 is 4.74 Å². The molecule has 3 aromatic carbocycles. The molecule has 0 saturated carbocycles. The van der Waals surface area contributed by atoms with Gasteiger partial charge in [-0.15, -0.1) is 0 Å². The predicted molar refractivity (Wildman–Crippen MR) is 157 cm³/mol. The smallest absolute Gasteiger partial charge is 0.320 e. The van der Waals surface area contributed by atoms with E-state index in [9.17, 15) is 15.2 Å². The Kier molecular flexibility index (Phi) is 10.1. The number of likely N-dealkylation sites (tertiary alicyclic amines) is 1. The van der Waals surface area contributed by atoms with Crippen molar-refractivity contribution < 1.29 is 14.6 Å². The molecule has 1 heterocycles. The summed E-state index contributed by atoms with van der Waals surface area (Å²) in [6.45, 7) is 3.78. The average Bonchev–Trinajstić information content (AvgIpc) is 2.97. The van der Waals surface area contributed by atoms with E-state index in [1.807, 2.05) is 78.6 Å². The molecule has 4 rings (SSSR count). The van der Waals surface area contributed by atoms with Crippen molar-refractivity contribution in [2.45, 2.75) is 58.0 Å². The van der Waals surface area contributed by atoms with Gasteiger partial charge in [-0.1, -0.05) is 73.2 Å². The van der Waals surface area contributed by atoms with Gasteiger partial charge in [0, 0.05) is 24.1 Å². The molecule has 1 N–H and O–H groups in total. The van der Waals surface area contributed by atoms with Crippen LogP contribution in [0.4, 0.5) is 0 Å². The molecule has 3 aromatic rings. The van der Waals surface area contributed by atoms with E-state index in [4.69, 9.17) is 10.00 Å². The third kappa shape index (κ3) is 7.17. The molecule has 1 atom stereocenters. The first-order chi connectivity index (χ1) is 19.5. The fourth-order valence-electron chi connectivity index (χ4n) is 5.24. The molecule has 1 aliphatic rings. The Balaban J connectivity index is 1.64. The number of nitrogens with zero attached hydrogens (tertiary/aromatic N) is 3. The summed E-state index contributed by atoms with van der Waals surface area (Å²) >= 11 is 0. The first kappa shape index (κ1) is 28.6. The van der Waals surface area contributed by atoms with Crippen molar-refractivity contribution >= 4 is 18.1 Å². The fraction of sp³-hybridized carbons (Fsp3) is 0.324. The number of rotatable bonds is 11. The van der Waals surface area contributed by atoms with Gasteiger partial charge in [0.25, 0.3) is 0 Å². The van der Waals surface area contributed by atoms with Crippen LogP contribution >= 0.6 is 0 Å². The summed E-state index contributed by atoms with van der Waals surface area (Å²) in [7, 11) is 0. The maximum absolute atomic E-state index is 11.9. The minimum Gasteiger partial charge on any atom is -0.493 e. The van der Waals surface area contributed by atoms with Crippen LogP contribution in [-0.2, 0) is 11.3 Å². The minimum atomic E-state index is -0.777. The second-order valence-electron chi connectivity index (χ2n) is 10.2. The third-order valence-electron chi connectivity index (χ3n) is 7.40. The van der Waals surface area contributed by atoms with Gasteiger partial charge in [-0.05, 0) is 67.5 Å². The second-order valence-corrected chi connectivity index (χ2v) is 10.2. The Labute approximate surface area is 236 Å². The van der Waals surface area contributed by atoms with Gasteiger partial charge >= 0.3 is 5.97 Å². The number of carbonyl (C=O) groups is 1. The standard InChI is InChI=1S/C34H35N3O3/c1-25-21-29(24-37-19-8-6-15-32(37)34(38)39)33(40-20-9-3-7-18-35)22-28(25)17-16-27-13-10-14-30(31(27)23-36)26-11-4-2-5-12-26/h2,4-5,10-14,16-17,21-22,32H,3,6-9,15,19-20,24H2,1H3,(H,38,39)/b17-16+/t32-/m0/s1. The molecule has 0 unspecified atom stereocenters. The quantitative estimate of drug-likeness (QED) is 0.206. The van der Waals surface area contributed by atoms with E-state index in [0.717, 1.165) is 71.4 Å². The van der Waals surface area contributed by atoms with E-state index >= 15 is 0 Å². The number of unbranched alkanes of at least 4 members (excludes halogenated alkanes) is 2. The Morgan fingerprint density at radius 2 is 1.85 bits per heavy atom. The number of piperidine rings is 1. The highest BCUT2D eigenvalue weighted by Gasteiger charge is 2.29. The summed E-state index contributed by atoms with van der Waals surface area (Å²) in [6.07, 6.45) is 8.57. The lowest BCUT2D eigenvalue weighted by Gasteiger charge is -2.33. The number of aryl methyl sites for hydroxylation is 1. The van der Waals surface area contributed by atoms with Gasteiger partial charge in [-0.25, -0.2) is 0 Å². The van der Waals surface area contributed by atoms with E-state index in [1.165, 1.54) is 0 Å². The lowest BCUT2D eigenvalue weighted by Crippen LogP contribution is -2.44. The number of hydrogen-bond donors (Lipinski definition) is 1. The normalized spacial score (nSPS) is 15.4. The maximum Gasteiger partial charge on any atom is 0.320 e. The maximum atomic E-state index is 11.9. The average molecular weight is 534 g/mol. The number of ether oxygens (including phenoxy) is 1. The number of hydrogen-bond acceptors (Lipinski definition) is 5. The van der Waals surface area contributed by atoms with Crippen molar-refractivity contribution in [1.29, 1.82) is 10.5 Å². The number of nitriles is 2. The lowest BCUT2D eigenvalue weighted by molar-refractivity contribution is -0.144. The van der Waals surface area contributed by atoms with E-state index in [-0.39, 0.29) is 0 Å². The van der Waals surface area contributed by atoms with Gasteiger partial charge in [0.2, 0.25) is 0 Å². The van der Waals surface area contributed by atoms with Crippen LogP contribution in [0.5, 0.6) is 5.75 Å². The van der Waals surface area contributed by atoms with E-state index in [1.54, 1.807) is 0 Å². The van der Waals surface area contributed by atoms with Crippen LogP contribution in [-0.4, -0.2) is 35.2 Å². The van der Waals surface area contributed by atoms with Gasteiger partial charge in [0.1, 0.15) is 17.9 Å². The van der Waals surface area contributed by atoms with Crippen molar-refractivity contribution in [3.8, 4) is 29.0 Å². The monoisotopic (exact) mass is 533 g/mol. The Morgan fingerprint density at radius 3 is 2.60 bits per heavy atom. The molecule has 0 spiro atoms. The van der Waals surface area contributed by atoms with E-state index in [2.05, 4.69) is 18.2 Å². The zero-order valence-electron chi connectivity index (χ0n) is 23.0. The van der Waals surface area contributed by atoms with Gasteiger partial charge in [0.05, 0.1) is 18.2 Å². The summed E-state index contributed by atoms with van der Waals surface area (Å²) < 4.78 is 6.22. The number of carboxylic acids is 1. The minimum absolute atomic E-state index is 0.487. The highest BCUT2D eigenvalue weighted by Crippen LogP contribution is 2.31. The molecule has 204 valence electrons. The van der Waals surface area contributed by atoms with Crippen molar-refractivity contribution in [1.82, 2.24) is 4.90 Å². The third-order valence-corrected chi connectivity index (χ3v) is 7.40. The highest BCUT2D eigenvalue weighted by molar-refractivity contribution is 5.81. The molecule has 1 fully saturated rings. The van der Waals surface area contributed by atoms with Crippen LogP contribution in [0.25, 0.3) is 23.3 Å². The zero-order chi connectivity index (χ0) is 28.3. The largest absolute Gasteiger partial charge is 0.493 e. The molecule has 40 heavy (non-hydrogen) atoms. The first-order valence-corrected chi connectivity index (χ1v) is 13.9.